The Labute approximate surface area is 132 Å². The van der Waals surface area contributed by atoms with Crippen molar-refractivity contribution >= 4 is 46.1 Å². The summed E-state index contributed by atoms with van der Waals surface area (Å²) in [6, 6.07) is 6.38. The maximum atomic E-state index is 6.48. The molecule has 1 fully saturated rings. The van der Waals surface area contributed by atoms with E-state index in [1.54, 1.807) is 0 Å². The first kappa shape index (κ1) is 16.7. The fourth-order valence-electron chi connectivity index (χ4n) is 2.15. The van der Waals surface area contributed by atoms with Crippen LogP contribution in [-0.2, 0) is 9.31 Å². The second kappa shape index (κ2) is 5.18. The van der Waals surface area contributed by atoms with Gasteiger partial charge in [-0.25, -0.2) is 0 Å². The van der Waals surface area contributed by atoms with E-state index in [-0.39, 0.29) is 18.3 Å². The number of hydrogen-bond acceptors (Lipinski definition) is 2. The molecule has 0 atom stereocenters. The molecule has 0 unspecified atom stereocenters. The van der Waals surface area contributed by atoms with Gasteiger partial charge in [0.15, 0.2) is 0 Å². The molecule has 2 rings (SSSR count). The molecule has 1 aliphatic rings. The Balaban J connectivity index is 2.33. The van der Waals surface area contributed by atoms with Crippen LogP contribution >= 0.6 is 11.6 Å². The van der Waals surface area contributed by atoms with Gasteiger partial charge in [0, 0.05) is 0 Å². The van der Waals surface area contributed by atoms with Crippen molar-refractivity contribution < 1.29 is 9.31 Å². The Kier molecular flexibility index (Phi) is 4.32. The van der Waals surface area contributed by atoms with Crippen molar-refractivity contribution in [2.45, 2.75) is 53.7 Å². The van der Waals surface area contributed by atoms with E-state index in [0.29, 0.717) is 0 Å². The third kappa shape index (κ3) is 3.06. The molecule has 0 aromatic heterocycles. The Morgan fingerprint density at radius 2 is 1.50 bits per heavy atom. The topological polar surface area (TPSA) is 18.5 Å². The summed E-state index contributed by atoms with van der Waals surface area (Å²) in [7, 11) is -0.378. The summed E-state index contributed by atoms with van der Waals surface area (Å²) in [5, 5.41) is 0.757. The van der Waals surface area contributed by atoms with Gasteiger partial charge >= 0.3 is 132 Å². The van der Waals surface area contributed by atoms with Gasteiger partial charge in [0.2, 0.25) is 0 Å². The molecule has 0 amide bonds. The van der Waals surface area contributed by atoms with E-state index >= 15 is 0 Å². The van der Waals surface area contributed by atoms with Crippen LogP contribution in [0.5, 0.6) is 0 Å². The Bertz CT molecular complexity index is 507. The number of halogens is 1. The Morgan fingerprint density at radius 1 is 1.00 bits per heavy atom. The molecule has 0 spiro atoms. The first-order chi connectivity index (χ1) is 8.94. The van der Waals surface area contributed by atoms with Gasteiger partial charge in [-0.2, -0.15) is 0 Å². The van der Waals surface area contributed by atoms with Crippen LogP contribution in [0.4, 0.5) is 0 Å². The van der Waals surface area contributed by atoms with Crippen molar-refractivity contribution in [3.63, 3.8) is 0 Å². The van der Waals surface area contributed by atoms with Gasteiger partial charge in [-0.3, -0.25) is 0 Å². The summed E-state index contributed by atoms with van der Waals surface area (Å²) in [6.45, 7) is 8.23. The van der Waals surface area contributed by atoms with Crippen molar-refractivity contribution in [3.05, 3.63) is 23.2 Å². The van der Waals surface area contributed by atoms with E-state index < -0.39 is 18.4 Å². The molecule has 1 heterocycles. The molecule has 0 aliphatic carbocycles. The average molecular weight is 401 g/mol. The van der Waals surface area contributed by atoms with Crippen LogP contribution in [-0.4, -0.2) is 36.7 Å². The van der Waals surface area contributed by atoms with Gasteiger partial charge in [-0.15, -0.1) is 0 Å². The normalized spacial score (nSPS) is 21.3. The Morgan fingerprint density at radius 3 is 1.90 bits per heavy atom. The number of hydrogen-bond donors (Lipinski definition) is 0. The average Bonchev–Trinajstić information content (AvgIpc) is 2.46. The molecular weight excluding hydrogens is 377 g/mol. The molecule has 1 saturated heterocycles. The molecule has 1 aromatic rings. The zero-order chi connectivity index (χ0) is 15.3. The summed E-state index contributed by atoms with van der Waals surface area (Å²) in [5.74, 6) is 0. The van der Waals surface area contributed by atoms with E-state index in [1.807, 2.05) is 0 Å². The van der Waals surface area contributed by atoms with Crippen molar-refractivity contribution in [1.29, 1.82) is 0 Å². The van der Waals surface area contributed by atoms with E-state index in [0.717, 1.165) is 10.5 Å². The standard InChI is InChI=1S/C12H15BClO2.3CH3.Sn/c1-11(2)12(3,4)16-13(15-11)9-7-5-6-8-10(9)14;;;;/h5,7-8H,1-4H3;3*1H3;. The third-order valence-electron chi connectivity index (χ3n) is 4.37. The van der Waals surface area contributed by atoms with Crippen LogP contribution in [0.15, 0.2) is 18.2 Å². The number of benzene rings is 1. The van der Waals surface area contributed by atoms with Gasteiger partial charge in [0.05, 0.1) is 0 Å². The summed E-state index contributed by atoms with van der Waals surface area (Å²) in [5.41, 5.74) is 0.274. The molecule has 2 nitrogen and oxygen atoms in total. The zero-order valence-corrected chi connectivity index (χ0v) is 17.1. The first-order valence-electron chi connectivity index (χ1n) is 7.10. The van der Waals surface area contributed by atoms with Crippen LogP contribution < -0.4 is 9.04 Å². The third-order valence-corrected chi connectivity index (χ3v) is 10.5. The van der Waals surface area contributed by atoms with Gasteiger partial charge in [-0.1, -0.05) is 0 Å². The van der Waals surface area contributed by atoms with Crippen molar-refractivity contribution in [1.82, 2.24) is 0 Å². The molecule has 1 aliphatic heterocycles. The van der Waals surface area contributed by atoms with E-state index in [4.69, 9.17) is 20.9 Å². The van der Waals surface area contributed by atoms with Crippen LogP contribution in [0.1, 0.15) is 27.7 Å². The summed E-state index contributed by atoms with van der Waals surface area (Å²) in [6.07, 6.45) is 0. The summed E-state index contributed by atoms with van der Waals surface area (Å²) < 4.78 is 13.6. The predicted molar refractivity (Wildman–Crippen MR) is 90.1 cm³/mol. The van der Waals surface area contributed by atoms with Gasteiger partial charge in [0.1, 0.15) is 0 Å². The zero-order valence-electron chi connectivity index (χ0n) is 13.5. The molecule has 0 N–H and O–H groups in total. The molecule has 1 aromatic carbocycles. The number of rotatable bonds is 2. The fraction of sp³-hybridized carbons (Fsp3) is 0.600. The van der Waals surface area contributed by atoms with Crippen molar-refractivity contribution in [2.24, 2.45) is 0 Å². The maximum absolute atomic E-state index is 6.48. The molecule has 5 heteroatoms. The molecule has 0 bridgehead atoms. The molecular formula is C15H24BClO2Sn. The molecule has 20 heavy (non-hydrogen) atoms. The second-order valence-corrected chi connectivity index (χ2v) is 22.5. The minimum absolute atomic E-state index is 0.330. The first-order valence-corrected chi connectivity index (χ1v) is 17.5. The van der Waals surface area contributed by atoms with Crippen LogP contribution in [0.2, 0.25) is 19.8 Å². The van der Waals surface area contributed by atoms with Crippen LogP contribution in [0.3, 0.4) is 0 Å². The minimum atomic E-state index is -2.08. The van der Waals surface area contributed by atoms with Crippen molar-refractivity contribution in [2.75, 3.05) is 0 Å². The van der Waals surface area contributed by atoms with Crippen molar-refractivity contribution in [3.8, 4) is 0 Å². The molecule has 110 valence electrons. The van der Waals surface area contributed by atoms with Gasteiger partial charge < -0.3 is 0 Å². The van der Waals surface area contributed by atoms with Crippen LogP contribution in [0, 0.1) is 0 Å². The van der Waals surface area contributed by atoms with E-state index in [2.05, 4.69) is 60.7 Å². The van der Waals surface area contributed by atoms with Gasteiger partial charge in [-0.05, 0) is 0 Å². The monoisotopic (exact) mass is 402 g/mol. The quantitative estimate of drug-likeness (QED) is 0.709. The fourth-order valence-corrected chi connectivity index (χ4v) is 6.00. The summed E-state index contributed by atoms with van der Waals surface area (Å²) in [4.78, 5) is 7.15. The molecule has 0 radical (unpaired) electrons. The SMILES string of the molecule is CC1(C)OB(c2cc[c]([Sn]([CH3])([CH3])[CH3])cc2Cl)OC1(C)C. The van der Waals surface area contributed by atoms with Crippen LogP contribution in [0.25, 0.3) is 0 Å². The second-order valence-electron chi connectivity index (χ2n) is 7.57. The van der Waals surface area contributed by atoms with Gasteiger partial charge in [0.25, 0.3) is 0 Å². The van der Waals surface area contributed by atoms with E-state index in [1.165, 1.54) is 3.58 Å². The van der Waals surface area contributed by atoms with E-state index in [9.17, 15) is 0 Å². The summed E-state index contributed by atoms with van der Waals surface area (Å²) >= 11 is 4.39. The Hall–Kier alpha value is 0.294. The molecule has 0 saturated carbocycles. The predicted octanol–water partition coefficient (Wildman–Crippen LogP) is 3.18.